The zero-order chi connectivity index (χ0) is 21.0. The predicted octanol–water partition coefficient (Wildman–Crippen LogP) is 4.61. The third-order valence-corrected chi connectivity index (χ3v) is 4.91. The Morgan fingerprint density at radius 1 is 1.03 bits per heavy atom. The lowest BCUT2D eigenvalue weighted by Crippen LogP contribution is -2.20. The third kappa shape index (κ3) is 5.19. The summed E-state index contributed by atoms with van der Waals surface area (Å²) < 4.78 is 0. The van der Waals surface area contributed by atoms with Gasteiger partial charge in [0.15, 0.2) is 0 Å². The lowest BCUT2D eigenvalue weighted by molar-refractivity contribution is -0.116. The second-order valence-corrected chi connectivity index (χ2v) is 8.22. The number of carbonyl (C=O) groups is 1. The molecule has 0 atom stereocenters. The minimum absolute atomic E-state index is 0.0694. The van der Waals surface area contributed by atoms with Gasteiger partial charge < -0.3 is 10.3 Å². The van der Waals surface area contributed by atoms with Crippen molar-refractivity contribution in [2.24, 2.45) is 0 Å². The molecule has 150 valence electrons. The maximum Gasteiger partial charge on any atom is 0.254 e. The van der Waals surface area contributed by atoms with Gasteiger partial charge in [0.1, 0.15) is 5.82 Å². The highest BCUT2D eigenvalue weighted by molar-refractivity contribution is 5.90. The monoisotopic (exact) mass is 389 g/mol. The summed E-state index contributed by atoms with van der Waals surface area (Å²) in [7, 11) is 0. The van der Waals surface area contributed by atoms with Crippen LogP contribution in [0, 0.1) is 6.92 Å². The lowest BCUT2D eigenvalue weighted by atomic mass is 9.87. The van der Waals surface area contributed by atoms with E-state index in [0.29, 0.717) is 23.5 Å². The van der Waals surface area contributed by atoms with E-state index in [1.807, 2.05) is 54.6 Å². The van der Waals surface area contributed by atoms with Crippen molar-refractivity contribution >= 4 is 11.6 Å². The largest absolute Gasteiger partial charge is 0.326 e. The summed E-state index contributed by atoms with van der Waals surface area (Å²) in [6.45, 7) is 8.26. The summed E-state index contributed by atoms with van der Waals surface area (Å²) >= 11 is 0. The molecule has 3 aromatic rings. The maximum atomic E-state index is 12.5. The van der Waals surface area contributed by atoms with Crippen molar-refractivity contribution in [2.45, 2.75) is 46.0 Å². The van der Waals surface area contributed by atoms with E-state index in [1.54, 1.807) is 6.92 Å². The number of aromatic amines is 1. The van der Waals surface area contributed by atoms with Crippen LogP contribution in [0.5, 0.6) is 0 Å². The van der Waals surface area contributed by atoms with Gasteiger partial charge in [-0.25, -0.2) is 4.98 Å². The van der Waals surface area contributed by atoms with Crippen LogP contribution in [-0.4, -0.2) is 15.9 Å². The number of aryl methyl sites for hydroxylation is 1. The van der Waals surface area contributed by atoms with Crippen molar-refractivity contribution in [2.75, 3.05) is 5.32 Å². The second kappa shape index (κ2) is 8.43. The quantitative estimate of drug-likeness (QED) is 0.669. The van der Waals surface area contributed by atoms with Gasteiger partial charge in [-0.15, -0.1) is 0 Å². The number of carbonyl (C=O) groups excluding carboxylic acids is 1. The van der Waals surface area contributed by atoms with Crippen molar-refractivity contribution in [1.29, 1.82) is 0 Å². The van der Waals surface area contributed by atoms with Gasteiger partial charge in [0.05, 0.1) is 0 Å². The molecule has 0 bridgehead atoms. The van der Waals surface area contributed by atoms with Gasteiger partial charge in [-0.3, -0.25) is 9.59 Å². The molecule has 2 N–H and O–H groups in total. The summed E-state index contributed by atoms with van der Waals surface area (Å²) in [6, 6.07) is 17.4. The van der Waals surface area contributed by atoms with Crippen molar-refractivity contribution in [3.05, 3.63) is 81.8 Å². The Hall–Kier alpha value is -3.21. The first kappa shape index (κ1) is 20.5. The Kier molecular flexibility index (Phi) is 5.97. The molecule has 0 aliphatic heterocycles. The van der Waals surface area contributed by atoms with E-state index in [-0.39, 0.29) is 23.3 Å². The van der Waals surface area contributed by atoms with Gasteiger partial charge in [-0.1, -0.05) is 63.2 Å². The van der Waals surface area contributed by atoms with Crippen LogP contribution in [-0.2, 0) is 16.6 Å². The summed E-state index contributed by atoms with van der Waals surface area (Å²) in [6.07, 6.45) is 0.562. The Morgan fingerprint density at radius 2 is 1.69 bits per heavy atom. The Morgan fingerprint density at radius 3 is 2.28 bits per heavy atom. The first-order valence-electron chi connectivity index (χ1n) is 9.79. The summed E-state index contributed by atoms with van der Waals surface area (Å²) in [5.41, 5.74) is 3.89. The fraction of sp³-hybridized carbons (Fsp3) is 0.292. The first-order valence-corrected chi connectivity index (χ1v) is 9.79. The van der Waals surface area contributed by atoms with E-state index >= 15 is 0 Å². The van der Waals surface area contributed by atoms with E-state index in [2.05, 4.69) is 36.1 Å². The van der Waals surface area contributed by atoms with Crippen LogP contribution in [0.2, 0.25) is 0 Å². The molecule has 29 heavy (non-hydrogen) atoms. The molecule has 0 saturated heterocycles. The summed E-state index contributed by atoms with van der Waals surface area (Å²) in [5.74, 6) is 0.416. The number of benzene rings is 2. The van der Waals surface area contributed by atoms with E-state index in [0.717, 1.165) is 11.3 Å². The van der Waals surface area contributed by atoms with Crippen molar-refractivity contribution in [3.8, 4) is 11.4 Å². The van der Waals surface area contributed by atoms with Gasteiger partial charge in [-0.2, -0.15) is 0 Å². The normalized spacial score (nSPS) is 11.3. The Labute approximate surface area is 171 Å². The highest BCUT2D eigenvalue weighted by Gasteiger charge is 2.14. The molecule has 5 heteroatoms. The number of hydrogen-bond donors (Lipinski definition) is 2. The molecule has 1 amide bonds. The molecule has 0 aliphatic rings. The molecule has 1 heterocycles. The molecular formula is C24H27N3O2. The number of amides is 1. The van der Waals surface area contributed by atoms with Crippen molar-refractivity contribution < 1.29 is 4.79 Å². The van der Waals surface area contributed by atoms with Crippen LogP contribution in [0.3, 0.4) is 0 Å². The lowest BCUT2D eigenvalue weighted by Gasteiger charge is -2.19. The molecule has 0 spiro atoms. The Bertz CT molecular complexity index is 1050. The van der Waals surface area contributed by atoms with Gasteiger partial charge in [-0.05, 0) is 36.5 Å². The van der Waals surface area contributed by atoms with Crippen LogP contribution < -0.4 is 10.9 Å². The standard InChI is InChI=1S/C24H27N3O2/c1-16-20(23(29)27-22(25-16)17-8-6-5-7-9-17)14-15-21(28)26-19-12-10-18(11-13-19)24(2,3)4/h5-13H,14-15H2,1-4H3,(H,26,28)(H,25,27,29). The maximum absolute atomic E-state index is 12.5. The summed E-state index contributed by atoms with van der Waals surface area (Å²) in [4.78, 5) is 32.2. The van der Waals surface area contributed by atoms with Crippen LogP contribution in [0.25, 0.3) is 11.4 Å². The molecule has 3 rings (SSSR count). The average molecular weight is 389 g/mol. The summed E-state index contributed by atoms with van der Waals surface area (Å²) in [5, 5.41) is 2.90. The second-order valence-electron chi connectivity index (χ2n) is 8.22. The van der Waals surface area contributed by atoms with E-state index in [4.69, 9.17) is 0 Å². The van der Waals surface area contributed by atoms with Crippen molar-refractivity contribution in [3.63, 3.8) is 0 Å². The van der Waals surface area contributed by atoms with Crippen molar-refractivity contribution in [1.82, 2.24) is 9.97 Å². The van der Waals surface area contributed by atoms with Gasteiger partial charge in [0, 0.05) is 28.9 Å². The highest BCUT2D eigenvalue weighted by atomic mass is 16.1. The molecule has 5 nitrogen and oxygen atoms in total. The number of H-pyrrole nitrogens is 1. The number of nitrogens with zero attached hydrogens (tertiary/aromatic N) is 1. The number of rotatable bonds is 5. The molecule has 0 aliphatic carbocycles. The zero-order valence-electron chi connectivity index (χ0n) is 17.4. The smallest absolute Gasteiger partial charge is 0.254 e. The minimum atomic E-state index is -0.196. The van der Waals surface area contributed by atoms with Crippen LogP contribution in [0.15, 0.2) is 59.4 Å². The van der Waals surface area contributed by atoms with Crippen LogP contribution in [0.4, 0.5) is 5.69 Å². The highest BCUT2D eigenvalue weighted by Crippen LogP contribution is 2.23. The third-order valence-electron chi connectivity index (χ3n) is 4.91. The van der Waals surface area contributed by atoms with Gasteiger partial charge >= 0.3 is 0 Å². The van der Waals surface area contributed by atoms with E-state index < -0.39 is 0 Å². The molecular weight excluding hydrogens is 362 g/mol. The molecule has 0 radical (unpaired) electrons. The predicted molar refractivity (Wildman–Crippen MR) is 117 cm³/mol. The fourth-order valence-electron chi connectivity index (χ4n) is 3.15. The van der Waals surface area contributed by atoms with Crippen LogP contribution in [0.1, 0.15) is 44.0 Å². The van der Waals surface area contributed by atoms with E-state index in [1.165, 1.54) is 5.56 Å². The molecule has 1 aromatic heterocycles. The topological polar surface area (TPSA) is 74.8 Å². The number of anilines is 1. The number of nitrogens with one attached hydrogen (secondary N) is 2. The zero-order valence-corrected chi connectivity index (χ0v) is 17.4. The van der Waals surface area contributed by atoms with Gasteiger partial charge in [0.2, 0.25) is 5.91 Å². The van der Waals surface area contributed by atoms with E-state index in [9.17, 15) is 9.59 Å². The number of hydrogen-bond acceptors (Lipinski definition) is 3. The first-order chi connectivity index (χ1) is 13.7. The molecule has 2 aromatic carbocycles. The number of aromatic nitrogens is 2. The SMILES string of the molecule is Cc1nc(-c2ccccc2)[nH]c(=O)c1CCC(=O)Nc1ccc(C(C)(C)C)cc1. The molecule has 0 unspecified atom stereocenters. The molecule has 0 fully saturated rings. The van der Waals surface area contributed by atoms with Gasteiger partial charge in [0.25, 0.3) is 5.56 Å². The van der Waals surface area contributed by atoms with Crippen LogP contribution >= 0.6 is 0 Å². The Balaban J connectivity index is 1.65. The minimum Gasteiger partial charge on any atom is -0.326 e. The fourth-order valence-corrected chi connectivity index (χ4v) is 3.15. The average Bonchev–Trinajstić information content (AvgIpc) is 2.67. The molecule has 0 saturated carbocycles.